The lowest BCUT2D eigenvalue weighted by Crippen LogP contribution is -2.44. The molecule has 4 nitrogen and oxygen atoms in total. The molecule has 1 aromatic carbocycles. The molecular weight excluding hydrogens is 297 g/mol. The molecule has 1 aliphatic rings. The molecule has 0 radical (unpaired) electrons. The van der Waals surface area contributed by atoms with Gasteiger partial charge in [0, 0.05) is 36.5 Å². The van der Waals surface area contributed by atoms with E-state index in [0.717, 1.165) is 25.7 Å². The third kappa shape index (κ3) is 4.86. The molecule has 126 valence electrons. The Kier molecular flexibility index (Phi) is 6.28. The molecule has 2 rings (SSSR count). The first-order chi connectivity index (χ1) is 11.0. The van der Waals surface area contributed by atoms with Crippen molar-refractivity contribution in [3.05, 3.63) is 35.6 Å². The Balaban J connectivity index is 1.90. The van der Waals surface area contributed by atoms with Gasteiger partial charge in [-0.2, -0.15) is 0 Å². The molecule has 0 heterocycles. The standard InChI is InChI=1S/C18H24FNO3/c1-12(18(23)13-6-4-7-15(19)10-13)9-17(22)20-16-8-3-2-5-14(16)11-21/h4,6-7,10,12,14,16,21H,2-3,5,8-9,11H2,1H3,(H,20,22). The monoisotopic (exact) mass is 321 g/mol. The SMILES string of the molecule is CC(CC(=O)NC1CCCCC1CO)C(=O)c1cccc(F)c1. The van der Waals surface area contributed by atoms with Crippen LogP contribution in [0.25, 0.3) is 0 Å². The predicted molar refractivity (Wildman–Crippen MR) is 85.5 cm³/mol. The van der Waals surface area contributed by atoms with Crippen molar-refractivity contribution in [2.45, 2.75) is 45.1 Å². The van der Waals surface area contributed by atoms with Crippen molar-refractivity contribution in [2.24, 2.45) is 11.8 Å². The largest absolute Gasteiger partial charge is 0.396 e. The summed E-state index contributed by atoms with van der Waals surface area (Å²) in [6.45, 7) is 1.75. The summed E-state index contributed by atoms with van der Waals surface area (Å²) in [7, 11) is 0. The molecule has 0 bridgehead atoms. The lowest BCUT2D eigenvalue weighted by molar-refractivity contribution is -0.123. The third-order valence-corrected chi connectivity index (χ3v) is 4.54. The molecule has 1 saturated carbocycles. The minimum Gasteiger partial charge on any atom is -0.396 e. The smallest absolute Gasteiger partial charge is 0.220 e. The number of carbonyl (C=O) groups is 2. The van der Waals surface area contributed by atoms with Crippen LogP contribution in [0.3, 0.4) is 0 Å². The number of rotatable bonds is 6. The van der Waals surface area contributed by atoms with Gasteiger partial charge < -0.3 is 10.4 Å². The van der Waals surface area contributed by atoms with E-state index in [-0.39, 0.29) is 42.2 Å². The van der Waals surface area contributed by atoms with Gasteiger partial charge in [0.25, 0.3) is 0 Å². The molecule has 3 atom stereocenters. The Morgan fingerprint density at radius 2 is 2.09 bits per heavy atom. The minimum absolute atomic E-state index is 0.0160. The zero-order valence-corrected chi connectivity index (χ0v) is 13.4. The number of hydrogen-bond donors (Lipinski definition) is 2. The molecule has 0 aromatic heterocycles. The van der Waals surface area contributed by atoms with Crippen LogP contribution in [-0.4, -0.2) is 29.4 Å². The molecule has 1 amide bonds. The number of Topliss-reactive ketones (excluding diaryl/α,β-unsaturated/α-hetero) is 1. The molecule has 0 spiro atoms. The average Bonchev–Trinajstić information content (AvgIpc) is 2.54. The number of amides is 1. The van der Waals surface area contributed by atoms with Gasteiger partial charge in [-0.15, -0.1) is 0 Å². The van der Waals surface area contributed by atoms with Crippen molar-refractivity contribution < 1.29 is 19.1 Å². The minimum atomic E-state index is -0.507. The highest BCUT2D eigenvalue weighted by Crippen LogP contribution is 2.24. The summed E-state index contributed by atoms with van der Waals surface area (Å²) in [5.41, 5.74) is 0.288. The van der Waals surface area contributed by atoms with E-state index in [1.165, 1.54) is 18.2 Å². The number of carbonyl (C=O) groups excluding carboxylic acids is 2. The van der Waals surface area contributed by atoms with Crippen molar-refractivity contribution >= 4 is 11.7 Å². The second-order valence-electron chi connectivity index (χ2n) is 6.38. The lowest BCUT2D eigenvalue weighted by Gasteiger charge is -2.31. The first-order valence-electron chi connectivity index (χ1n) is 8.21. The van der Waals surface area contributed by atoms with Gasteiger partial charge in [0.1, 0.15) is 5.82 Å². The van der Waals surface area contributed by atoms with Gasteiger partial charge in [-0.1, -0.05) is 31.9 Å². The van der Waals surface area contributed by atoms with Crippen molar-refractivity contribution in [1.82, 2.24) is 5.32 Å². The van der Waals surface area contributed by atoms with Gasteiger partial charge >= 0.3 is 0 Å². The number of aliphatic hydroxyl groups excluding tert-OH is 1. The van der Waals surface area contributed by atoms with Gasteiger partial charge in [-0.05, 0) is 25.0 Å². The number of ketones is 1. The summed E-state index contributed by atoms with van der Waals surface area (Å²) < 4.78 is 13.2. The van der Waals surface area contributed by atoms with Crippen molar-refractivity contribution in [1.29, 1.82) is 0 Å². The highest BCUT2D eigenvalue weighted by Gasteiger charge is 2.27. The quantitative estimate of drug-likeness (QED) is 0.792. The normalized spacial score (nSPS) is 22.4. The molecule has 23 heavy (non-hydrogen) atoms. The number of benzene rings is 1. The van der Waals surface area contributed by atoms with Gasteiger partial charge in [-0.3, -0.25) is 9.59 Å². The molecule has 0 aliphatic heterocycles. The molecule has 0 saturated heterocycles. The van der Waals surface area contributed by atoms with Gasteiger partial charge in [-0.25, -0.2) is 4.39 Å². The highest BCUT2D eigenvalue weighted by atomic mass is 19.1. The van der Waals surface area contributed by atoms with Gasteiger partial charge in [0.15, 0.2) is 5.78 Å². The first-order valence-corrected chi connectivity index (χ1v) is 8.21. The van der Waals surface area contributed by atoms with Gasteiger partial charge in [0.05, 0.1) is 0 Å². The fraction of sp³-hybridized carbons (Fsp3) is 0.556. The highest BCUT2D eigenvalue weighted by molar-refractivity contribution is 5.99. The average molecular weight is 321 g/mol. The van der Waals surface area contributed by atoms with E-state index in [9.17, 15) is 19.1 Å². The summed E-state index contributed by atoms with van der Waals surface area (Å²) in [5, 5.41) is 12.3. The summed E-state index contributed by atoms with van der Waals surface area (Å²) in [6.07, 6.45) is 3.97. The maximum absolute atomic E-state index is 13.2. The van der Waals surface area contributed by atoms with E-state index in [4.69, 9.17) is 0 Å². The number of nitrogens with one attached hydrogen (secondary N) is 1. The second-order valence-corrected chi connectivity index (χ2v) is 6.38. The first kappa shape index (κ1) is 17.6. The fourth-order valence-corrected chi connectivity index (χ4v) is 3.18. The van der Waals surface area contributed by atoms with E-state index in [2.05, 4.69) is 5.32 Å². The predicted octanol–water partition coefficient (Wildman–Crippen LogP) is 2.70. The summed E-state index contributed by atoms with van der Waals surface area (Å²) >= 11 is 0. The molecule has 5 heteroatoms. The number of halogens is 1. The van der Waals surface area contributed by atoms with Crippen molar-refractivity contribution in [3.8, 4) is 0 Å². The van der Waals surface area contributed by atoms with Crippen LogP contribution in [0.5, 0.6) is 0 Å². The van der Waals surface area contributed by atoms with E-state index in [1.54, 1.807) is 13.0 Å². The Bertz CT molecular complexity index is 561. The van der Waals surface area contributed by atoms with Gasteiger partial charge in [0.2, 0.25) is 5.91 Å². The topological polar surface area (TPSA) is 66.4 Å². The van der Waals surface area contributed by atoms with Crippen LogP contribution in [0, 0.1) is 17.7 Å². The van der Waals surface area contributed by atoms with Crippen LogP contribution >= 0.6 is 0 Å². The van der Waals surface area contributed by atoms with Crippen LogP contribution < -0.4 is 5.32 Å². The van der Waals surface area contributed by atoms with Crippen molar-refractivity contribution in [2.75, 3.05) is 6.61 Å². The second kappa shape index (κ2) is 8.20. The Morgan fingerprint density at radius 3 is 2.78 bits per heavy atom. The van der Waals surface area contributed by atoms with E-state index >= 15 is 0 Å². The Morgan fingerprint density at radius 1 is 1.35 bits per heavy atom. The van der Waals surface area contributed by atoms with Crippen LogP contribution in [-0.2, 0) is 4.79 Å². The zero-order chi connectivity index (χ0) is 16.8. The maximum atomic E-state index is 13.2. The van der Waals surface area contributed by atoms with Crippen LogP contribution in [0.2, 0.25) is 0 Å². The molecular formula is C18H24FNO3. The van der Waals surface area contributed by atoms with Crippen LogP contribution in [0.1, 0.15) is 49.4 Å². The number of aliphatic hydroxyl groups is 1. The summed E-state index contributed by atoms with van der Waals surface area (Å²) in [4.78, 5) is 24.4. The third-order valence-electron chi connectivity index (χ3n) is 4.54. The van der Waals surface area contributed by atoms with Crippen LogP contribution in [0.15, 0.2) is 24.3 Å². The van der Waals surface area contributed by atoms with E-state index < -0.39 is 11.7 Å². The molecule has 1 fully saturated rings. The fourth-order valence-electron chi connectivity index (χ4n) is 3.18. The molecule has 3 unspecified atom stereocenters. The summed E-state index contributed by atoms with van der Waals surface area (Å²) in [5.74, 6) is -1.29. The van der Waals surface area contributed by atoms with E-state index in [0.29, 0.717) is 0 Å². The Labute approximate surface area is 136 Å². The zero-order valence-electron chi connectivity index (χ0n) is 13.4. The molecule has 2 N–H and O–H groups in total. The molecule has 1 aromatic rings. The van der Waals surface area contributed by atoms with E-state index in [1.807, 2.05) is 0 Å². The lowest BCUT2D eigenvalue weighted by atomic mass is 9.85. The Hall–Kier alpha value is -1.75. The number of hydrogen-bond acceptors (Lipinski definition) is 3. The van der Waals surface area contributed by atoms with Crippen molar-refractivity contribution in [3.63, 3.8) is 0 Å². The maximum Gasteiger partial charge on any atom is 0.220 e. The molecule has 1 aliphatic carbocycles. The van der Waals surface area contributed by atoms with Crippen LogP contribution in [0.4, 0.5) is 4.39 Å². The summed E-state index contributed by atoms with van der Waals surface area (Å²) in [6, 6.07) is 5.51.